The first kappa shape index (κ1) is 14.4. The van der Waals surface area contributed by atoms with Crippen molar-refractivity contribution < 1.29 is 4.39 Å². The second-order valence-corrected chi connectivity index (χ2v) is 6.90. The molecular formula is C17H13BrFNS. The Hall–Kier alpha value is -1.52. The van der Waals surface area contributed by atoms with Crippen LogP contribution in [0.2, 0.25) is 0 Å². The average molecular weight is 362 g/mol. The Kier molecular flexibility index (Phi) is 3.91. The fourth-order valence-electron chi connectivity index (χ4n) is 2.23. The molecule has 1 heterocycles. The average Bonchev–Trinajstić information content (AvgIpc) is 2.84. The number of aryl methyl sites for hydroxylation is 2. The molecule has 0 aliphatic heterocycles. The molecule has 0 atom stereocenters. The molecule has 0 spiro atoms. The second-order valence-electron chi connectivity index (χ2n) is 4.84. The molecule has 0 aliphatic rings. The number of rotatable bonds is 2. The van der Waals surface area contributed by atoms with Crippen LogP contribution in [-0.2, 0) is 0 Å². The van der Waals surface area contributed by atoms with E-state index in [9.17, 15) is 4.39 Å². The number of aromatic nitrogens is 1. The van der Waals surface area contributed by atoms with E-state index in [1.54, 1.807) is 19.1 Å². The molecular weight excluding hydrogens is 349 g/mol. The van der Waals surface area contributed by atoms with Crippen molar-refractivity contribution in [1.29, 1.82) is 0 Å². The van der Waals surface area contributed by atoms with E-state index in [1.165, 1.54) is 11.3 Å². The smallest absolute Gasteiger partial charge is 0.136 e. The zero-order chi connectivity index (χ0) is 15.0. The van der Waals surface area contributed by atoms with Gasteiger partial charge in [0.25, 0.3) is 0 Å². The molecule has 1 nitrogen and oxygen atoms in total. The maximum atomic E-state index is 14.3. The molecule has 106 valence electrons. The lowest BCUT2D eigenvalue weighted by molar-refractivity contribution is 0.622. The van der Waals surface area contributed by atoms with Crippen molar-refractivity contribution in [3.8, 4) is 21.8 Å². The minimum absolute atomic E-state index is 0.190. The van der Waals surface area contributed by atoms with Gasteiger partial charge >= 0.3 is 0 Å². The zero-order valence-corrected chi connectivity index (χ0v) is 14.1. The van der Waals surface area contributed by atoms with Crippen molar-refractivity contribution in [3.05, 3.63) is 63.2 Å². The predicted molar refractivity (Wildman–Crippen MR) is 90.1 cm³/mol. The molecule has 0 unspecified atom stereocenters. The van der Waals surface area contributed by atoms with Gasteiger partial charge in [0, 0.05) is 20.5 Å². The van der Waals surface area contributed by atoms with Gasteiger partial charge in [0.1, 0.15) is 10.8 Å². The van der Waals surface area contributed by atoms with Gasteiger partial charge in [0.2, 0.25) is 0 Å². The van der Waals surface area contributed by atoms with Crippen LogP contribution in [-0.4, -0.2) is 4.98 Å². The first-order chi connectivity index (χ1) is 10.1. The topological polar surface area (TPSA) is 12.9 Å². The summed E-state index contributed by atoms with van der Waals surface area (Å²) in [6.07, 6.45) is 0. The van der Waals surface area contributed by atoms with E-state index in [-0.39, 0.29) is 5.82 Å². The Morgan fingerprint density at radius 1 is 1.00 bits per heavy atom. The van der Waals surface area contributed by atoms with E-state index in [4.69, 9.17) is 0 Å². The molecule has 0 bridgehead atoms. The number of hydrogen-bond donors (Lipinski definition) is 0. The standard InChI is InChI=1S/C17H13BrFNS/c1-10-6-5-8-13(15(10)19)17-20-16(11(2)21-17)12-7-3-4-9-14(12)18/h3-9H,1-2H3. The molecule has 0 fully saturated rings. The Bertz CT molecular complexity index is 810. The van der Waals surface area contributed by atoms with Crippen LogP contribution in [0.4, 0.5) is 4.39 Å². The van der Waals surface area contributed by atoms with Crippen molar-refractivity contribution in [2.75, 3.05) is 0 Å². The van der Waals surface area contributed by atoms with Gasteiger partial charge in [0.15, 0.2) is 0 Å². The Labute approximate surface area is 135 Å². The molecule has 2 aromatic carbocycles. The van der Waals surface area contributed by atoms with E-state index in [0.717, 1.165) is 25.6 Å². The highest BCUT2D eigenvalue weighted by Crippen LogP contribution is 2.37. The molecule has 3 aromatic rings. The third-order valence-corrected chi connectivity index (χ3v) is 5.04. The first-order valence-electron chi connectivity index (χ1n) is 6.55. The molecule has 0 radical (unpaired) electrons. The second kappa shape index (κ2) is 5.70. The summed E-state index contributed by atoms with van der Waals surface area (Å²) in [5.74, 6) is -0.190. The van der Waals surface area contributed by atoms with Gasteiger partial charge in [-0.2, -0.15) is 0 Å². The third kappa shape index (κ3) is 2.65. The molecule has 1 aromatic heterocycles. The molecule has 3 rings (SSSR count). The highest BCUT2D eigenvalue weighted by atomic mass is 79.9. The Balaban J connectivity index is 2.15. The lowest BCUT2D eigenvalue weighted by atomic mass is 10.1. The normalized spacial score (nSPS) is 10.9. The minimum Gasteiger partial charge on any atom is -0.236 e. The predicted octanol–water partition coefficient (Wildman–Crippen LogP) is 6.00. The van der Waals surface area contributed by atoms with Crippen LogP contribution in [0.25, 0.3) is 21.8 Å². The molecule has 0 saturated heterocycles. The summed E-state index contributed by atoms with van der Waals surface area (Å²) < 4.78 is 15.3. The molecule has 21 heavy (non-hydrogen) atoms. The Morgan fingerprint density at radius 3 is 2.48 bits per heavy atom. The van der Waals surface area contributed by atoms with Crippen LogP contribution in [0.15, 0.2) is 46.9 Å². The highest BCUT2D eigenvalue weighted by molar-refractivity contribution is 9.10. The van der Waals surface area contributed by atoms with E-state index in [2.05, 4.69) is 20.9 Å². The molecule has 0 N–H and O–H groups in total. The van der Waals surface area contributed by atoms with Crippen LogP contribution in [0.1, 0.15) is 10.4 Å². The largest absolute Gasteiger partial charge is 0.236 e. The van der Waals surface area contributed by atoms with Gasteiger partial charge < -0.3 is 0 Å². The number of hydrogen-bond acceptors (Lipinski definition) is 2. The maximum Gasteiger partial charge on any atom is 0.136 e. The zero-order valence-electron chi connectivity index (χ0n) is 11.7. The summed E-state index contributed by atoms with van der Waals surface area (Å²) in [6.45, 7) is 3.79. The third-order valence-electron chi connectivity index (χ3n) is 3.35. The maximum absolute atomic E-state index is 14.3. The summed E-state index contributed by atoms with van der Waals surface area (Å²) in [5.41, 5.74) is 3.15. The lowest BCUT2D eigenvalue weighted by Gasteiger charge is -2.02. The fourth-order valence-corrected chi connectivity index (χ4v) is 3.65. The molecule has 0 saturated carbocycles. The van der Waals surface area contributed by atoms with E-state index in [0.29, 0.717) is 11.1 Å². The summed E-state index contributed by atoms with van der Waals surface area (Å²) in [7, 11) is 0. The van der Waals surface area contributed by atoms with Crippen LogP contribution in [0.5, 0.6) is 0 Å². The van der Waals surface area contributed by atoms with Crippen LogP contribution >= 0.6 is 27.3 Å². The number of halogens is 2. The Morgan fingerprint density at radius 2 is 1.71 bits per heavy atom. The van der Waals surface area contributed by atoms with E-state index >= 15 is 0 Å². The van der Waals surface area contributed by atoms with Gasteiger partial charge in [-0.3, -0.25) is 0 Å². The lowest BCUT2D eigenvalue weighted by Crippen LogP contribution is -1.88. The van der Waals surface area contributed by atoms with Crippen molar-refractivity contribution in [3.63, 3.8) is 0 Å². The number of thiazole rings is 1. The first-order valence-corrected chi connectivity index (χ1v) is 8.16. The fraction of sp³-hybridized carbons (Fsp3) is 0.118. The van der Waals surface area contributed by atoms with Crippen molar-refractivity contribution >= 4 is 27.3 Å². The number of benzene rings is 2. The van der Waals surface area contributed by atoms with Crippen molar-refractivity contribution in [1.82, 2.24) is 4.98 Å². The van der Waals surface area contributed by atoms with Crippen molar-refractivity contribution in [2.24, 2.45) is 0 Å². The highest BCUT2D eigenvalue weighted by Gasteiger charge is 2.16. The van der Waals surface area contributed by atoms with Crippen molar-refractivity contribution in [2.45, 2.75) is 13.8 Å². The summed E-state index contributed by atoms with van der Waals surface area (Å²) >= 11 is 5.07. The molecule has 0 aliphatic carbocycles. The van der Waals surface area contributed by atoms with Gasteiger partial charge in [-0.1, -0.05) is 46.3 Å². The van der Waals surface area contributed by atoms with Crippen LogP contribution < -0.4 is 0 Å². The summed E-state index contributed by atoms with van der Waals surface area (Å²) in [6, 6.07) is 13.4. The molecule has 4 heteroatoms. The molecule has 0 amide bonds. The van der Waals surface area contributed by atoms with Crippen LogP contribution in [0.3, 0.4) is 0 Å². The van der Waals surface area contributed by atoms with E-state index in [1.807, 2.05) is 37.3 Å². The van der Waals surface area contributed by atoms with Gasteiger partial charge in [-0.25, -0.2) is 9.37 Å². The van der Waals surface area contributed by atoms with Crippen LogP contribution in [0, 0.1) is 19.7 Å². The minimum atomic E-state index is -0.190. The summed E-state index contributed by atoms with van der Waals surface area (Å²) in [5, 5.41) is 0.722. The van der Waals surface area contributed by atoms with Gasteiger partial charge in [-0.15, -0.1) is 11.3 Å². The monoisotopic (exact) mass is 361 g/mol. The summed E-state index contributed by atoms with van der Waals surface area (Å²) in [4.78, 5) is 5.74. The number of nitrogens with zero attached hydrogens (tertiary/aromatic N) is 1. The van der Waals surface area contributed by atoms with Gasteiger partial charge in [-0.05, 0) is 31.5 Å². The van der Waals surface area contributed by atoms with E-state index < -0.39 is 0 Å². The SMILES string of the molecule is Cc1cccc(-c2nc(-c3ccccc3Br)c(C)s2)c1F. The quantitative estimate of drug-likeness (QED) is 0.545. The van der Waals surface area contributed by atoms with Gasteiger partial charge in [0.05, 0.1) is 5.69 Å².